The number of carboxylic acids is 1. The summed E-state index contributed by atoms with van der Waals surface area (Å²) in [7, 11) is 0. The van der Waals surface area contributed by atoms with E-state index in [9.17, 15) is 9.90 Å². The van der Waals surface area contributed by atoms with Crippen LogP contribution in [0, 0.1) is 29.6 Å². The average Bonchev–Trinajstić information content (AvgIpc) is 2.54. The highest BCUT2D eigenvalue weighted by Gasteiger charge is 2.51. The Morgan fingerprint density at radius 3 is 3.00 bits per heavy atom. The van der Waals surface area contributed by atoms with Crippen LogP contribution >= 0.6 is 0 Å². The van der Waals surface area contributed by atoms with Crippen LogP contribution < -0.4 is 0 Å². The molecule has 0 bridgehead atoms. The van der Waals surface area contributed by atoms with Gasteiger partial charge in [-0.1, -0.05) is 17.0 Å². The molecule has 0 aromatic carbocycles. The first-order chi connectivity index (χ1) is 8.99. The van der Waals surface area contributed by atoms with E-state index in [0.29, 0.717) is 12.8 Å². The number of hydrogen-bond donors (Lipinski definition) is 3. The van der Waals surface area contributed by atoms with Gasteiger partial charge in [-0.3, -0.25) is 0 Å². The van der Waals surface area contributed by atoms with Gasteiger partial charge in [0.15, 0.2) is 0 Å². The number of aliphatic carboxylic acids is 1. The molecule has 0 heterocycles. The Morgan fingerprint density at radius 1 is 1.63 bits per heavy atom. The molecule has 6 nitrogen and oxygen atoms in total. The van der Waals surface area contributed by atoms with Crippen molar-refractivity contribution in [3.8, 4) is 11.8 Å². The van der Waals surface area contributed by atoms with Gasteiger partial charge >= 0.3 is 5.97 Å². The summed E-state index contributed by atoms with van der Waals surface area (Å²) in [6.45, 7) is 1.13. The maximum absolute atomic E-state index is 10.3. The van der Waals surface area contributed by atoms with Crippen molar-refractivity contribution in [2.45, 2.75) is 32.0 Å². The largest absolute Gasteiger partial charge is 0.479 e. The highest BCUT2D eigenvalue weighted by atomic mass is 16.6. The van der Waals surface area contributed by atoms with Gasteiger partial charge in [0.1, 0.15) is 6.10 Å². The second-order valence-corrected chi connectivity index (χ2v) is 5.02. The number of aliphatic hydroxyl groups excluding tert-OH is 2. The van der Waals surface area contributed by atoms with E-state index in [-0.39, 0.29) is 17.8 Å². The van der Waals surface area contributed by atoms with Crippen LogP contribution in [0.1, 0.15) is 19.8 Å². The van der Waals surface area contributed by atoms with Crippen molar-refractivity contribution in [2.24, 2.45) is 22.9 Å². The van der Waals surface area contributed by atoms with Crippen LogP contribution in [0.5, 0.6) is 0 Å². The van der Waals surface area contributed by atoms with Crippen molar-refractivity contribution in [2.75, 3.05) is 6.61 Å². The van der Waals surface area contributed by atoms with E-state index in [0.717, 1.165) is 5.71 Å². The van der Waals surface area contributed by atoms with Crippen LogP contribution in [0.4, 0.5) is 0 Å². The molecule has 19 heavy (non-hydrogen) atoms. The van der Waals surface area contributed by atoms with Crippen molar-refractivity contribution >= 4 is 11.7 Å². The molecule has 5 atom stereocenters. The lowest BCUT2D eigenvalue weighted by Crippen LogP contribution is -2.38. The molecule has 0 saturated heterocycles. The maximum Gasteiger partial charge on any atom is 0.344 e. The highest BCUT2D eigenvalue weighted by Crippen LogP contribution is 2.47. The predicted molar refractivity (Wildman–Crippen MR) is 66.2 cm³/mol. The molecule has 0 amide bonds. The third-order valence-electron chi connectivity index (χ3n) is 3.60. The zero-order valence-corrected chi connectivity index (χ0v) is 10.6. The summed E-state index contributed by atoms with van der Waals surface area (Å²) in [5.74, 6) is 4.57. The molecule has 2 aliphatic carbocycles. The number of oxime groups is 1. The number of hydrogen-bond acceptors (Lipinski definition) is 5. The summed E-state index contributed by atoms with van der Waals surface area (Å²) in [4.78, 5) is 15.0. The molecule has 3 N–H and O–H groups in total. The van der Waals surface area contributed by atoms with Gasteiger partial charge < -0.3 is 20.2 Å². The first kappa shape index (κ1) is 13.8. The minimum atomic E-state index is -1.06. The molecule has 6 heteroatoms. The first-order valence-corrected chi connectivity index (χ1v) is 6.26. The van der Waals surface area contributed by atoms with Crippen LogP contribution in [0.3, 0.4) is 0 Å². The monoisotopic (exact) mass is 267 g/mol. The number of aliphatic hydroxyl groups is 2. The van der Waals surface area contributed by atoms with Gasteiger partial charge in [0.25, 0.3) is 0 Å². The molecule has 0 aliphatic heterocycles. The fraction of sp³-hybridized carbons (Fsp3) is 0.692. The van der Waals surface area contributed by atoms with Crippen molar-refractivity contribution in [3.05, 3.63) is 0 Å². The minimum absolute atomic E-state index is 0.122. The smallest absolute Gasteiger partial charge is 0.344 e. The molecule has 0 spiro atoms. The summed E-state index contributed by atoms with van der Waals surface area (Å²) in [5, 5.41) is 31.4. The third-order valence-corrected chi connectivity index (χ3v) is 3.60. The van der Waals surface area contributed by atoms with E-state index in [2.05, 4.69) is 17.0 Å². The van der Waals surface area contributed by atoms with Gasteiger partial charge in [-0.05, 0) is 25.7 Å². The highest BCUT2D eigenvalue weighted by molar-refractivity contribution is 5.93. The fourth-order valence-corrected chi connectivity index (χ4v) is 2.65. The van der Waals surface area contributed by atoms with Crippen LogP contribution in [-0.4, -0.2) is 45.8 Å². The van der Waals surface area contributed by atoms with Gasteiger partial charge in [-0.25, -0.2) is 4.79 Å². The van der Waals surface area contributed by atoms with Gasteiger partial charge in [0.2, 0.25) is 6.61 Å². The van der Waals surface area contributed by atoms with Crippen LogP contribution in [-0.2, 0) is 9.63 Å². The van der Waals surface area contributed by atoms with Crippen LogP contribution in [0.15, 0.2) is 5.16 Å². The molecule has 0 radical (unpaired) electrons. The topological polar surface area (TPSA) is 99.4 Å². The average molecular weight is 267 g/mol. The van der Waals surface area contributed by atoms with E-state index in [1.54, 1.807) is 6.92 Å². The second kappa shape index (κ2) is 5.59. The first-order valence-electron chi connectivity index (χ1n) is 6.26. The quantitative estimate of drug-likeness (QED) is 0.487. The predicted octanol–water partition coefficient (Wildman–Crippen LogP) is -0.155. The molecule has 2 rings (SSSR count). The normalized spacial score (nSPS) is 35.8. The fourth-order valence-electron chi connectivity index (χ4n) is 2.65. The molecule has 2 aliphatic rings. The van der Waals surface area contributed by atoms with E-state index < -0.39 is 24.8 Å². The molecular formula is C13H17NO5. The zero-order valence-electron chi connectivity index (χ0n) is 10.6. The zero-order chi connectivity index (χ0) is 14.0. The van der Waals surface area contributed by atoms with E-state index in [1.807, 2.05) is 0 Å². The maximum atomic E-state index is 10.3. The van der Waals surface area contributed by atoms with E-state index in [4.69, 9.17) is 15.1 Å². The number of carboxylic acid groups (broad SMARTS) is 1. The number of rotatable bonds is 3. The Hall–Kier alpha value is -1.58. The molecule has 5 unspecified atom stereocenters. The lowest BCUT2D eigenvalue weighted by atomic mass is 9.73. The van der Waals surface area contributed by atoms with Crippen molar-refractivity contribution in [1.82, 2.24) is 0 Å². The summed E-state index contributed by atoms with van der Waals surface area (Å²) in [5.41, 5.74) is 0.798. The molecule has 0 aromatic heterocycles. The van der Waals surface area contributed by atoms with Gasteiger partial charge in [0.05, 0.1) is 11.8 Å². The lowest BCUT2D eigenvalue weighted by Gasteiger charge is -2.33. The third kappa shape index (κ3) is 3.06. The van der Waals surface area contributed by atoms with Gasteiger partial charge in [-0.2, -0.15) is 0 Å². The molecule has 104 valence electrons. The summed E-state index contributed by atoms with van der Waals surface area (Å²) in [6.07, 6.45) is 0.103. The van der Waals surface area contributed by atoms with Crippen LogP contribution in [0.2, 0.25) is 0 Å². The Kier molecular flexibility index (Phi) is 4.08. The molecular weight excluding hydrogens is 250 g/mol. The minimum Gasteiger partial charge on any atom is -0.479 e. The molecule has 2 saturated carbocycles. The standard InChI is InChI=1S/C13H17NO5/c1-7(15)2-3-8-4-9-10(13(8)18)5-11(9)14-19-6-12(16)17/h7-10,13,15,18H,4-6H2,1H3,(H,16,17)/b14-11-. The lowest BCUT2D eigenvalue weighted by molar-refractivity contribution is -0.142. The summed E-state index contributed by atoms with van der Waals surface area (Å²) >= 11 is 0. The van der Waals surface area contributed by atoms with E-state index >= 15 is 0 Å². The number of carbonyl (C=O) groups is 1. The Labute approximate surface area is 111 Å². The van der Waals surface area contributed by atoms with Crippen LogP contribution in [0.25, 0.3) is 0 Å². The Bertz CT molecular complexity index is 448. The Morgan fingerprint density at radius 2 is 2.37 bits per heavy atom. The second-order valence-electron chi connectivity index (χ2n) is 5.02. The van der Waals surface area contributed by atoms with Gasteiger partial charge in [-0.15, -0.1) is 0 Å². The van der Waals surface area contributed by atoms with Crippen molar-refractivity contribution in [3.63, 3.8) is 0 Å². The number of nitrogens with zero attached hydrogens (tertiary/aromatic N) is 1. The SMILES string of the molecule is CC(O)C#CC1CC2/C(=N\OCC(=O)O)CC2C1O. The van der Waals surface area contributed by atoms with Gasteiger partial charge in [0, 0.05) is 11.8 Å². The molecule has 2 fully saturated rings. The summed E-state index contributed by atoms with van der Waals surface area (Å²) in [6, 6.07) is 0. The van der Waals surface area contributed by atoms with Crippen molar-refractivity contribution < 1.29 is 25.0 Å². The van der Waals surface area contributed by atoms with E-state index in [1.165, 1.54) is 0 Å². The van der Waals surface area contributed by atoms with Crippen molar-refractivity contribution in [1.29, 1.82) is 0 Å². The molecule has 0 aromatic rings. The summed E-state index contributed by atoms with van der Waals surface area (Å²) < 4.78 is 0. The number of fused-ring (bicyclic) bond motifs is 1. The Balaban J connectivity index is 1.91.